The summed E-state index contributed by atoms with van der Waals surface area (Å²) in [6.07, 6.45) is -2.03. The SMILES string of the molecule is C=CCNC(=S)Nc1ccc(C(F)(F)F)cn1. The van der Waals surface area contributed by atoms with E-state index in [9.17, 15) is 13.2 Å². The van der Waals surface area contributed by atoms with E-state index in [0.717, 1.165) is 12.3 Å². The fourth-order valence-electron chi connectivity index (χ4n) is 0.961. The third-order valence-corrected chi connectivity index (χ3v) is 1.99. The molecule has 0 aliphatic heterocycles. The molecule has 92 valence electrons. The molecule has 0 aliphatic rings. The Morgan fingerprint density at radius 3 is 2.65 bits per heavy atom. The maximum absolute atomic E-state index is 12.2. The second kappa shape index (κ2) is 5.62. The van der Waals surface area contributed by atoms with Crippen molar-refractivity contribution in [1.82, 2.24) is 10.3 Å². The van der Waals surface area contributed by atoms with E-state index in [0.29, 0.717) is 6.54 Å². The molecule has 0 atom stereocenters. The highest BCUT2D eigenvalue weighted by Gasteiger charge is 2.30. The molecule has 0 amide bonds. The van der Waals surface area contributed by atoms with E-state index in [4.69, 9.17) is 12.2 Å². The van der Waals surface area contributed by atoms with Crippen LogP contribution >= 0.6 is 12.2 Å². The van der Waals surface area contributed by atoms with Crippen molar-refractivity contribution in [1.29, 1.82) is 0 Å². The highest BCUT2D eigenvalue weighted by atomic mass is 32.1. The van der Waals surface area contributed by atoms with E-state index in [1.54, 1.807) is 6.08 Å². The highest BCUT2D eigenvalue weighted by Crippen LogP contribution is 2.28. The summed E-state index contributed by atoms with van der Waals surface area (Å²) in [7, 11) is 0. The van der Waals surface area contributed by atoms with Crippen molar-refractivity contribution in [3.8, 4) is 0 Å². The minimum absolute atomic E-state index is 0.250. The topological polar surface area (TPSA) is 37.0 Å². The van der Waals surface area contributed by atoms with Crippen LogP contribution in [-0.2, 0) is 6.18 Å². The van der Waals surface area contributed by atoms with Gasteiger partial charge in [-0.25, -0.2) is 4.98 Å². The molecule has 2 N–H and O–H groups in total. The highest BCUT2D eigenvalue weighted by molar-refractivity contribution is 7.80. The number of anilines is 1. The minimum atomic E-state index is -4.38. The predicted molar refractivity (Wildman–Crippen MR) is 63.7 cm³/mol. The minimum Gasteiger partial charge on any atom is -0.359 e. The van der Waals surface area contributed by atoms with Crippen molar-refractivity contribution in [2.24, 2.45) is 0 Å². The lowest BCUT2D eigenvalue weighted by Gasteiger charge is -2.09. The van der Waals surface area contributed by atoms with Gasteiger partial charge in [0.15, 0.2) is 5.11 Å². The van der Waals surface area contributed by atoms with Crippen LogP contribution in [-0.4, -0.2) is 16.6 Å². The first-order valence-electron chi connectivity index (χ1n) is 4.62. The summed E-state index contributed by atoms with van der Waals surface area (Å²) in [5, 5.41) is 5.69. The summed E-state index contributed by atoms with van der Waals surface area (Å²) in [6.45, 7) is 3.95. The molecule has 17 heavy (non-hydrogen) atoms. The standard InChI is InChI=1S/C10H10F3N3S/c1-2-5-14-9(17)16-8-4-3-7(6-15-8)10(11,12)13/h2-4,6H,1,5H2,(H2,14,15,16,17). The molecule has 0 saturated heterocycles. The number of nitrogens with one attached hydrogen (secondary N) is 2. The molecule has 1 aromatic heterocycles. The van der Waals surface area contributed by atoms with Gasteiger partial charge in [0, 0.05) is 12.7 Å². The Morgan fingerprint density at radius 2 is 2.18 bits per heavy atom. The van der Waals surface area contributed by atoms with Crippen LogP contribution in [0.2, 0.25) is 0 Å². The molecule has 0 fully saturated rings. The van der Waals surface area contributed by atoms with E-state index in [1.165, 1.54) is 6.07 Å². The van der Waals surface area contributed by atoms with Crippen molar-refractivity contribution in [2.45, 2.75) is 6.18 Å². The van der Waals surface area contributed by atoms with Crippen molar-refractivity contribution in [3.63, 3.8) is 0 Å². The van der Waals surface area contributed by atoms with Gasteiger partial charge in [-0.2, -0.15) is 13.2 Å². The fourth-order valence-corrected chi connectivity index (χ4v) is 1.15. The lowest BCUT2D eigenvalue weighted by atomic mass is 10.3. The van der Waals surface area contributed by atoms with E-state index < -0.39 is 11.7 Å². The van der Waals surface area contributed by atoms with E-state index >= 15 is 0 Å². The number of pyridine rings is 1. The number of aromatic nitrogens is 1. The second-order valence-corrected chi connectivity index (χ2v) is 3.46. The van der Waals surface area contributed by atoms with Crippen LogP contribution in [0.15, 0.2) is 31.0 Å². The van der Waals surface area contributed by atoms with E-state index in [2.05, 4.69) is 22.2 Å². The molecule has 1 aromatic rings. The first-order valence-corrected chi connectivity index (χ1v) is 5.03. The van der Waals surface area contributed by atoms with Gasteiger partial charge in [0.2, 0.25) is 0 Å². The second-order valence-electron chi connectivity index (χ2n) is 3.05. The summed E-state index contributed by atoms with van der Waals surface area (Å²) in [4.78, 5) is 3.61. The van der Waals surface area contributed by atoms with Crippen LogP contribution < -0.4 is 10.6 Å². The molecule has 0 saturated carbocycles. The van der Waals surface area contributed by atoms with Crippen LogP contribution in [0, 0.1) is 0 Å². The quantitative estimate of drug-likeness (QED) is 0.647. The zero-order valence-electron chi connectivity index (χ0n) is 8.71. The number of halogens is 3. The zero-order chi connectivity index (χ0) is 12.9. The summed E-state index contributed by atoms with van der Waals surface area (Å²) >= 11 is 4.88. The fraction of sp³-hybridized carbons (Fsp3) is 0.200. The van der Waals surface area contributed by atoms with Crippen molar-refractivity contribution >= 4 is 23.1 Å². The molecule has 0 aliphatic carbocycles. The Kier molecular flexibility index (Phi) is 4.45. The van der Waals surface area contributed by atoms with Gasteiger partial charge in [0.05, 0.1) is 5.56 Å². The largest absolute Gasteiger partial charge is 0.417 e. The number of rotatable bonds is 3. The Labute approximate surface area is 102 Å². The summed E-state index contributed by atoms with van der Waals surface area (Å²) < 4.78 is 36.7. The number of hydrogen-bond donors (Lipinski definition) is 2. The Morgan fingerprint density at radius 1 is 1.47 bits per heavy atom. The lowest BCUT2D eigenvalue weighted by molar-refractivity contribution is -0.137. The monoisotopic (exact) mass is 261 g/mol. The predicted octanol–water partition coefficient (Wildman–Crippen LogP) is 2.57. The van der Waals surface area contributed by atoms with Gasteiger partial charge in [0.1, 0.15) is 5.82 Å². The molecule has 7 heteroatoms. The number of nitrogens with zero attached hydrogens (tertiary/aromatic N) is 1. The molecule has 1 rings (SSSR count). The van der Waals surface area contributed by atoms with Crippen LogP contribution in [0.3, 0.4) is 0 Å². The normalized spacial score (nSPS) is 10.8. The summed E-state index contributed by atoms with van der Waals surface area (Å²) in [5.41, 5.74) is -0.798. The first-order chi connectivity index (χ1) is 7.93. The first kappa shape index (κ1) is 13.4. The van der Waals surface area contributed by atoms with E-state index in [1.807, 2.05) is 0 Å². The van der Waals surface area contributed by atoms with Crippen LogP contribution in [0.5, 0.6) is 0 Å². The molecule has 3 nitrogen and oxygen atoms in total. The number of alkyl halides is 3. The molecular weight excluding hydrogens is 251 g/mol. The molecular formula is C10H10F3N3S. The maximum atomic E-state index is 12.2. The van der Waals surface area contributed by atoms with Crippen molar-refractivity contribution in [2.75, 3.05) is 11.9 Å². The van der Waals surface area contributed by atoms with Crippen molar-refractivity contribution in [3.05, 3.63) is 36.5 Å². The Balaban J connectivity index is 2.62. The van der Waals surface area contributed by atoms with Crippen molar-refractivity contribution < 1.29 is 13.2 Å². The van der Waals surface area contributed by atoms with Crippen LogP contribution in [0.1, 0.15) is 5.56 Å². The Bertz CT molecular complexity index is 400. The molecule has 0 aromatic carbocycles. The Hall–Kier alpha value is -1.63. The van der Waals surface area contributed by atoms with Gasteiger partial charge < -0.3 is 10.6 Å². The number of hydrogen-bond acceptors (Lipinski definition) is 2. The summed E-state index contributed by atoms with van der Waals surface area (Å²) in [6, 6.07) is 2.15. The molecule has 0 radical (unpaired) electrons. The van der Waals surface area contributed by atoms with Gasteiger partial charge in [-0.05, 0) is 24.4 Å². The van der Waals surface area contributed by atoms with Crippen LogP contribution in [0.4, 0.5) is 19.0 Å². The van der Waals surface area contributed by atoms with Gasteiger partial charge in [-0.3, -0.25) is 0 Å². The van der Waals surface area contributed by atoms with Gasteiger partial charge in [-0.1, -0.05) is 6.08 Å². The molecule has 0 unspecified atom stereocenters. The average molecular weight is 261 g/mol. The maximum Gasteiger partial charge on any atom is 0.417 e. The third-order valence-electron chi connectivity index (χ3n) is 1.74. The van der Waals surface area contributed by atoms with Gasteiger partial charge >= 0.3 is 6.18 Å². The zero-order valence-corrected chi connectivity index (χ0v) is 9.53. The van der Waals surface area contributed by atoms with Crippen LogP contribution in [0.25, 0.3) is 0 Å². The smallest absolute Gasteiger partial charge is 0.359 e. The lowest BCUT2D eigenvalue weighted by Crippen LogP contribution is -2.28. The number of thiocarbonyl (C=S) groups is 1. The van der Waals surface area contributed by atoms with Gasteiger partial charge in [-0.15, -0.1) is 6.58 Å². The third kappa shape index (κ3) is 4.39. The molecule has 0 spiro atoms. The molecule has 1 heterocycles. The summed E-state index contributed by atoms with van der Waals surface area (Å²) in [5.74, 6) is 0.250. The van der Waals surface area contributed by atoms with Gasteiger partial charge in [0.25, 0.3) is 0 Å². The molecule has 0 bridgehead atoms. The van der Waals surface area contributed by atoms with E-state index in [-0.39, 0.29) is 10.9 Å². The average Bonchev–Trinajstić information content (AvgIpc) is 2.26.